The van der Waals surface area contributed by atoms with E-state index in [1.807, 2.05) is 37.3 Å². The fraction of sp³-hybridized carbons (Fsp3) is 0.294. The van der Waals surface area contributed by atoms with Crippen LogP contribution in [0.2, 0.25) is 0 Å². The number of esters is 1. The third-order valence-corrected chi connectivity index (χ3v) is 4.61. The van der Waals surface area contributed by atoms with Gasteiger partial charge in [-0.2, -0.15) is 0 Å². The second-order valence-electron chi connectivity index (χ2n) is 5.05. The van der Waals surface area contributed by atoms with Crippen molar-refractivity contribution in [2.24, 2.45) is 0 Å². The molecule has 0 bridgehead atoms. The molecule has 0 unspecified atom stereocenters. The quantitative estimate of drug-likeness (QED) is 0.518. The third kappa shape index (κ3) is 3.25. The highest BCUT2D eigenvalue weighted by Gasteiger charge is 2.25. The van der Waals surface area contributed by atoms with Crippen molar-refractivity contribution in [2.75, 3.05) is 7.11 Å². The summed E-state index contributed by atoms with van der Waals surface area (Å²) < 4.78 is 4.77. The summed E-state index contributed by atoms with van der Waals surface area (Å²) in [6, 6.07) is 9.78. The summed E-state index contributed by atoms with van der Waals surface area (Å²) in [6.45, 7) is 5.40. The second-order valence-corrected chi connectivity index (χ2v) is 6.47. The van der Waals surface area contributed by atoms with Crippen molar-refractivity contribution < 1.29 is 14.3 Å². The Hall–Kier alpha value is -2.01. The molecule has 4 nitrogen and oxygen atoms in total. The highest BCUT2D eigenvalue weighted by atomic mass is 32.2. The summed E-state index contributed by atoms with van der Waals surface area (Å²) in [4.78, 5) is 28.5. The molecule has 1 heterocycles. The van der Waals surface area contributed by atoms with Gasteiger partial charge < -0.3 is 9.72 Å². The van der Waals surface area contributed by atoms with Crippen LogP contribution < -0.4 is 0 Å². The van der Waals surface area contributed by atoms with Crippen molar-refractivity contribution in [1.29, 1.82) is 0 Å². The SMILES string of the molecule is COC(=O)c1c(C)[nH]c(C(=O)[C@@H](C)Sc2ccccc2)c1C. The molecule has 0 saturated carbocycles. The fourth-order valence-electron chi connectivity index (χ4n) is 2.36. The molecule has 0 aliphatic carbocycles. The van der Waals surface area contributed by atoms with Gasteiger partial charge in [-0.3, -0.25) is 4.79 Å². The molecule has 0 aliphatic rings. The topological polar surface area (TPSA) is 59.2 Å². The van der Waals surface area contributed by atoms with Crippen molar-refractivity contribution in [3.05, 3.63) is 52.8 Å². The molecule has 0 aliphatic heterocycles. The van der Waals surface area contributed by atoms with Crippen molar-refractivity contribution in [1.82, 2.24) is 4.98 Å². The zero-order valence-corrected chi connectivity index (χ0v) is 13.9. The number of hydrogen-bond donors (Lipinski definition) is 1. The van der Waals surface area contributed by atoms with Gasteiger partial charge in [-0.05, 0) is 38.5 Å². The van der Waals surface area contributed by atoms with Gasteiger partial charge in [0.25, 0.3) is 0 Å². The van der Waals surface area contributed by atoms with Crippen LogP contribution in [0, 0.1) is 13.8 Å². The minimum atomic E-state index is -0.423. The molecule has 1 atom stereocenters. The Morgan fingerprint density at radius 3 is 2.41 bits per heavy atom. The van der Waals surface area contributed by atoms with E-state index in [-0.39, 0.29) is 11.0 Å². The molecule has 0 fully saturated rings. The Labute approximate surface area is 134 Å². The molecule has 0 amide bonds. The van der Waals surface area contributed by atoms with Gasteiger partial charge in [-0.15, -0.1) is 11.8 Å². The molecule has 5 heteroatoms. The van der Waals surface area contributed by atoms with Gasteiger partial charge >= 0.3 is 5.97 Å². The van der Waals surface area contributed by atoms with Gasteiger partial charge in [0.1, 0.15) is 0 Å². The molecule has 1 aromatic heterocycles. The van der Waals surface area contributed by atoms with Crippen molar-refractivity contribution >= 4 is 23.5 Å². The number of ketones is 1. The number of Topliss-reactive ketones (excluding diaryl/α,β-unsaturated/α-hetero) is 1. The zero-order valence-electron chi connectivity index (χ0n) is 13.1. The van der Waals surface area contributed by atoms with Crippen LogP contribution in [0.1, 0.15) is 39.0 Å². The van der Waals surface area contributed by atoms with E-state index in [1.54, 1.807) is 13.8 Å². The summed E-state index contributed by atoms with van der Waals surface area (Å²) in [6.07, 6.45) is 0. The highest BCUT2D eigenvalue weighted by Crippen LogP contribution is 2.27. The van der Waals surface area contributed by atoms with Crippen LogP contribution in [0.15, 0.2) is 35.2 Å². The predicted molar refractivity (Wildman–Crippen MR) is 87.7 cm³/mol. The molecule has 0 saturated heterocycles. The number of thioether (sulfide) groups is 1. The van der Waals surface area contributed by atoms with Crippen LogP contribution in [-0.2, 0) is 4.74 Å². The first-order valence-electron chi connectivity index (χ1n) is 6.99. The predicted octanol–water partition coefficient (Wildman–Crippen LogP) is 3.78. The normalized spacial score (nSPS) is 12.0. The van der Waals surface area contributed by atoms with E-state index in [0.29, 0.717) is 22.5 Å². The van der Waals surface area contributed by atoms with Crippen LogP contribution in [0.25, 0.3) is 0 Å². The first kappa shape index (κ1) is 16.4. The monoisotopic (exact) mass is 317 g/mol. The van der Waals surface area contributed by atoms with Gasteiger partial charge in [-0.1, -0.05) is 18.2 Å². The number of benzene rings is 1. The summed E-state index contributed by atoms with van der Waals surface area (Å²) in [5.74, 6) is -0.446. The van der Waals surface area contributed by atoms with Crippen molar-refractivity contribution in [2.45, 2.75) is 30.9 Å². The number of nitrogens with one attached hydrogen (secondary N) is 1. The number of methoxy groups -OCH3 is 1. The van der Waals surface area contributed by atoms with E-state index >= 15 is 0 Å². The number of carbonyl (C=O) groups is 2. The van der Waals surface area contributed by atoms with E-state index in [9.17, 15) is 9.59 Å². The highest BCUT2D eigenvalue weighted by molar-refractivity contribution is 8.00. The number of hydrogen-bond acceptors (Lipinski definition) is 4. The van der Waals surface area contributed by atoms with Gasteiger partial charge in [-0.25, -0.2) is 4.79 Å². The Kier molecular flexibility index (Phi) is 5.08. The summed E-state index contributed by atoms with van der Waals surface area (Å²) in [7, 11) is 1.34. The number of rotatable bonds is 5. The van der Waals surface area contributed by atoms with E-state index in [1.165, 1.54) is 18.9 Å². The molecule has 2 rings (SSSR count). The van der Waals surface area contributed by atoms with Gasteiger partial charge in [0.05, 0.1) is 23.6 Å². The molecule has 0 spiro atoms. The average Bonchev–Trinajstić information content (AvgIpc) is 2.81. The Balaban J connectivity index is 2.24. The molecular weight excluding hydrogens is 298 g/mol. The lowest BCUT2D eigenvalue weighted by molar-refractivity contribution is 0.0599. The number of aromatic nitrogens is 1. The molecule has 116 valence electrons. The summed E-state index contributed by atoms with van der Waals surface area (Å²) >= 11 is 1.50. The number of aromatic amines is 1. The number of carbonyl (C=O) groups excluding carboxylic acids is 2. The van der Waals surface area contributed by atoms with Gasteiger partial charge in [0, 0.05) is 10.6 Å². The maximum atomic E-state index is 12.6. The van der Waals surface area contributed by atoms with E-state index in [0.717, 1.165) is 4.90 Å². The van der Waals surface area contributed by atoms with E-state index < -0.39 is 5.97 Å². The Bertz CT molecular complexity index is 691. The lowest BCUT2D eigenvalue weighted by Crippen LogP contribution is -2.15. The molecule has 0 radical (unpaired) electrons. The molecule has 22 heavy (non-hydrogen) atoms. The molecule has 1 N–H and O–H groups in total. The molecular formula is C17H19NO3S. The Morgan fingerprint density at radius 2 is 1.82 bits per heavy atom. The van der Waals surface area contributed by atoms with Crippen LogP contribution in [-0.4, -0.2) is 29.1 Å². The number of H-pyrrole nitrogens is 1. The molecule has 1 aromatic carbocycles. The minimum Gasteiger partial charge on any atom is -0.465 e. The van der Waals surface area contributed by atoms with Crippen LogP contribution in [0.4, 0.5) is 0 Å². The Morgan fingerprint density at radius 1 is 1.18 bits per heavy atom. The number of ether oxygens (including phenoxy) is 1. The second kappa shape index (κ2) is 6.83. The van der Waals surface area contributed by atoms with Gasteiger partial charge in [0.15, 0.2) is 5.78 Å². The van der Waals surface area contributed by atoms with Gasteiger partial charge in [0.2, 0.25) is 0 Å². The van der Waals surface area contributed by atoms with Crippen LogP contribution in [0.5, 0.6) is 0 Å². The smallest absolute Gasteiger partial charge is 0.339 e. The minimum absolute atomic E-state index is 0.0235. The summed E-state index contributed by atoms with van der Waals surface area (Å²) in [5, 5.41) is -0.246. The van der Waals surface area contributed by atoms with E-state index in [4.69, 9.17) is 4.74 Å². The maximum Gasteiger partial charge on any atom is 0.339 e. The first-order valence-corrected chi connectivity index (χ1v) is 7.87. The zero-order chi connectivity index (χ0) is 16.3. The van der Waals surface area contributed by atoms with Crippen molar-refractivity contribution in [3.63, 3.8) is 0 Å². The average molecular weight is 317 g/mol. The van der Waals surface area contributed by atoms with E-state index in [2.05, 4.69) is 4.98 Å². The lowest BCUT2D eigenvalue weighted by atomic mass is 10.1. The summed E-state index contributed by atoms with van der Waals surface area (Å²) in [5.41, 5.74) is 2.23. The maximum absolute atomic E-state index is 12.6. The van der Waals surface area contributed by atoms with Crippen molar-refractivity contribution in [3.8, 4) is 0 Å². The third-order valence-electron chi connectivity index (χ3n) is 3.50. The van der Waals surface area contributed by atoms with Crippen LogP contribution in [0.3, 0.4) is 0 Å². The largest absolute Gasteiger partial charge is 0.465 e. The fourth-order valence-corrected chi connectivity index (χ4v) is 3.31. The van der Waals surface area contributed by atoms with Crippen LogP contribution >= 0.6 is 11.8 Å². The standard InChI is InChI=1S/C17H19NO3S/c1-10-14(17(20)21-4)11(2)18-15(10)16(19)12(3)22-13-8-6-5-7-9-13/h5-9,12,18H,1-4H3/t12-/m1/s1. The lowest BCUT2D eigenvalue weighted by Gasteiger charge is -2.10. The number of aryl methyl sites for hydroxylation is 1. The molecule has 2 aromatic rings. The first-order chi connectivity index (χ1) is 10.5.